The highest BCUT2D eigenvalue weighted by Crippen LogP contribution is 2.45. The topological polar surface area (TPSA) is 18.5 Å². The van der Waals surface area contributed by atoms with Gasteiger partial charge < -0.3 is 9.47 Å². The Hall–Kier alpha value is -0.730. The number of fused-ring (bicyclic) bond motifs is 1. The van der Waals surface area contributed by atoms with Crippen LogP contribution in [0.3, 0.4) is 0 Å². The van der Waals surface area contributed by atoms with Gasteiger partial charge >= 0.3 is 0 Å². The predicted molar refractivity (Wildman–Crippen MR) is 67.4 cm³/mol. The molecule has 3 heteroatoms. The van der Waals surface area contributed by atoms with E-state index in [1.807, 2.05) is 18.2 Å². The minimum atomic E-state index is -0.376. The molecular formula is C14H17ClO2. The van der Waals surface area contributed by atoms with E-state index in [0.29, 0.717) is 0 Å². The molecule has 0 aromatic heterocycles. The van der Waals surface area contributed by atoms with Gasteiger partial charge in [0.25, 0.3) is 0 Å². The maximum atomic E-state index is 6.12. The molecule has 1 heterocycles. The van der Waals surface area contributed by atoms with Crippen LogP contribution in [-0.2, 0) is 4.74 Å². The van der Waals surface area contributed by atoms with E-state index in [2.05, 4.69) is 6.92 Å². The zero-order chi connectivity index (χ0) is 11.9. The Morgan fingerprint density at radius 2 is 2.00 bits per heavy atom. The Kier molecular flexibility index (Phi) is 2.80. The number of halogens is 1. The van der Waals surface area contributed by atoms with Crippen LogP contribution < -0.4 is 4.74 Å². The van der Waals surface area contributed by atoms with E-state index in [-0.39, 0.29) is 11.9 Å². The summed E-state index contributed by atoms with van der Waals surface area (Å²) < 4.78 is 12.2. The van der Waals surface area contributed by atoms with Crippen molar-refractivity contribution in [2.75, 3.05) is 0 Å². The third-order valence-corrected chi connectivity index (χ3v) is 3.95. The number of benzene rings is 1. The van der Waals surface area contributed by atoms with Crippen LogP contribution in [0.25, 0.3) is 0 Å². The Balaban J connectivity index is 1.94. The van der Waals surface area contributed by atoms with Gasteiger partial charge in [0, 0.05) is 23.4 Å². The van der Waals surface area contributed by atoms with E-state index in [4.69, 9.17) is 21.1 Å². The molecule has 1 unspecified atom stereocenters. The average Bonchev–Trinajstić information content (AvgIpc) is 2.31. The molecule has 0 radical (unpaired) electrons. The molecule has 0 bridgehead atoms. The summed E-state index contributed by atoms with van der Waals surface area (Å²) >= 11 is 6.01. The number of hydrogen-bond acceptors (Lipinski definition) is 2. The molecule has 0 amide bonds. The van der Waals surface area contributed by atoms with Crippen molar-refractivity contribution in [2.24, 2.45) is 0 Å². The highest BCUT2D eigenvalue weighted by atomic mass is 35.5. The van der Waals surface area contributed by atoms with Crippen LogP contribution in [0.5, 0.6) is 5.75 Å². The smallest absolute Gasteiger partial charge is 0.211 e. The van der Waals surface area contributed by atoms with Gasteiger partial charge in [-0.2, -0.15) is 0 Å². The zero-order valence-corrected chi connectivity index (χ0v) is 10.8. The Morgan fingerprint density at radius 1 is 1.24 bits per heavy atom. The second-order valence-electron chi connectivity index (χ2n) is 5.02. The lowest BCUT2D eigenvalue weighted by Gasteiger charge is -2.43. The molecule has 1 aromatic carbocycles. The molecule has 2 nitrogen and oxygen atoms in total. The lowest BCUT2D eigenvalue weighted by atomic mass is 9.92. The molecule has 0 N–H and O–H groups in total. The third kappa shape index (κ3) is 2.04. The summed E-state index contributed by atoms with van der Waals surface area (Å²) in [6.45, 7) is 2.08. The van der Waals surface area contributed by atoms with Crippen molar-refractivity contribution in [1.82, 2.24) is 0 Å². The highest BCUT2D eigenvalue weighted by Gasteiger charge is 2.41. The maximum Gasteiger partial charge on any atom is 0.211 e. The first-order chi connectivity index (χ1) is 8.19. The van der Waals surface area contributed by atoms with Crippen LogP contribution in [0.4, 0.5) is 0 Å². The van der Waals surface area contributed by atoms with E-state index >= 15 is 0 Å². The van der Waals surface area contributed by atoms with Gasteiger partial charge in [0.1, 0.15) is 5.75 Å². The molecule has 1 atom stereocenters. The molecule has 1 aliphatic carbocycles. The van der Waals surface area contributed by atoms with Gasteiger partial charge in [0.15, 0.2) is 0 Å². The normalized spacial score (nSPS) is 26.4. The second kappa shape index (κ2) is 4.18. The molecule has 17 heavy (non-hydrogen) atoms. The van der Waals surface area contributed by atoms with Crippen molar-refractivity contribution in [3.8, 4) is 5.75 Å². The third-order valence-electron chi connectivity index (χ3n) is 3.71. The molecule has 1 aromatic rings. The minimum Gasteiger partial charge on any atom is -0.462 e. The van der Waals surface area contributed by atoms with Gasteiger partial charge in [-0.05, 0) is 38.0 Å². The lowest BCUT2D eigenvalue weighted by molar-refractivity contribution is -0.240. The van der Waals surface area contributed by atoms with Crippen molar-refractivity contribution in [2.45, 2.75) is 50.9 Å². The fraction of sp³-hybridized carbons (Fsp3) is 0.571. The second-order valence-corrected chi connectivity index (χ2v) is 5.45. The van der Waals surface area contributed by atoms with E-state index < -0.39 is 0 Å². The number of rotatable bonds is 0. The van der Waals surface area contributed by atoms with Crippen LogP contribution in [0, 0.1) is 0 Å². The first-order valence-corrected chi connectivity index (χ1v) is 6.73. The van der Waals surface area contributed by atoms with Crippen molar-refractivity contribution >= 4 is 11.6 Å². The zero-order valence-electron chi connectivity index (χ0n) is 10.0. The summed E-state index contributed by atoms with van der Waals surface area (Å²) in [4.78, 5) is 0. The van der Waals surface area contributed by atoms with Gasteiger partial charge in [-0.1, -0.05) is 18.0 Å². The van der Waals surface area contributed by atoms with Crippen molar-refractivity contribution in [3.05, 3.63) is 28.8 Å². The van der Waals surface area contributed by atoms with Crippen molar-refractivity contribution in [3.63, 3.8) is 0 Å². The lowest BCUT2D eigenvalue weighted by Crippen LogP contribution is -2.44. The minimum absolute atomic E-state index is 0.0653. The number of hydrogen-bond donors (Lipinski definition) is 0. The van der Waals surface area contributed by atoms with Crippen molar-refractivity contribution in [1.29, 1.82) is 0 Å². The first-order valence-electron chi connectivity index (χ1n) is 6.35. The van der Waals surface area contributed by atoms with Crippen LogP contribution in [-0.4, -0.2) is 5.79 Å². The van der Waals surface area contributed by atoms with E-state index in [0.717, 1.165) is 29.2 Å². The fourth-order valence-corrected chi connectivity index (χ4v) is 3.03. The summed E-state index contributed by atoms with van der Waals surface area (Å²) in [6, 6.07) is 5.79. The van der Waals surface area contributed by atoms with Gasteiger partial charge in [-0.15, -0.1) is 0 Å². The molecule has 0 saturated heterocycles. The van der Waals surface area contributed by atoms with Crippen LogP contribution in [0.2, 0.25) is 5.02 Å². The highest BCUT2D eigenvalue weighted by molar-refractivity contribution is 6.30. The molecule has 1 saturated carbocycles. The van der Waals surface area contributed by atoms with Gasteiger partial charge in [0.05, 0.1) is 6.10 Å². The molecule has 1 aliphatic heterocycles. The summed E-state index contributed by atoms with van der Waals surface area (Å²) in [5, 5.41) is 0.738. The molecule has 1 spiro atoms. The van der Waals surface area contributed by atoms with Gasteiger partial charge in [-0.25, -0.2) is 0 Å². The Bertz CT molecular complexity index is 424. The summed E-state index contributed by atoms with van der Waals surface area (Å²) in [6.07, 6.45) is 5.73. The molecule has 1 fully saturated rings. The van der Waals surface area contributed by atoms with E-state index in [1.54, 1.807) is 0 Å². The summed E-state index contributed by atoms with van der Waals surface area (Å²) in [7, 11) is 0. The van der Waals surface area contributed by atoms with Crippen LogP contribution >= 0.6 is 11.6 Å². The van der Waals surface area contributed by atoms with Crippen LogP contribution in [0.1, 0.15) is 50.7 Å². The van der Waals surface area contributed by atoms with Gasteiger partial charge in [0.2, 0.25) is 5.79 Å². The quantitative estimate of drug-likeness (QED) is 0.678. The van der Waals surface area contributed by atoms with Crippen LogP contribution in [0.15, 0.2) is 18.2 Å². The monoisotopic (exact) mass is 252 g/mol. The predicted octanol–water partition coefficient (Wildman–Crippen LogP) is 4.47. The molecule has 2 aliphatic rings. The Labute approximate surface area is 107 Å². The standard InChI is InChI=1S/C14H17ClO2/c1-10-12-9-11(15)5-6-13(12)17-14(16-10)7-3-2-4-8-14/h5-6,9-10H,2-4,7-8H2,1H3. The molecular weight excluding hydrogens is 236 g/mol. The largest absolute Gasteiger partial charge is 0.462 e. The first kappa shape index (κ1) is 11.4. The summed E-state index contributed by atoms with van der Waals surface area (Å²) in [5.74, 6) is 0.563. The molecule has 92 valence electrons. The van der Waals surface area contributed by atoms with E-state index in [9.17, 15) is 0 Å². The van der Waals surface area contributed by atoms with E-state index in [1.165, 1.54) is 19.3 Å². The summed E-state index contributed by atoms with van der Waals surface area (Å²) in [5.41, 5.74) is 1.06. The SMILES string of the molecule is CC1OC2(CCCCC2)Oc2ccc(Cl)cc21. The van der Waals surface area contributed by atoms with Gasteiger partial charge in [-0.3, -0.25) is 0 Å². The Morgan fingerprint density at radius 3 is 2.76 bits per heavy atom. The fourth-order valence-electron chi connectivity index (χ4n) is 2.85. The number of ether oxygens (including phenoxy) is 2. The average molecular weight is 253 g/mol. The van der Waals surface area contributed by atoms with Crippen molar-refractivity contribution < 1.29 is 9.47 Å². The molecule has 3 rings (SSSR count). The maximum absolute atomic E-state index is 6.12.